The molecular weight excluding hydrogens is 270 g/mol. The quantitative estimate of drug-likeness (QED) is 0.744. The predicted octanol–water partition coefficient (Wildman–Crippen LogP) is 1.37. The van der Waals surface area contributed by atoms with Crippen LogP contribution in [0.25, 0.3) is 0 Å². The van der Waals surface area contributed by atoms with Gasteiger partial charge in [0.05, 0.1) is 6.42 Å². The number of hydrogen-bond acceptors (Lipinski definition) is 3. The SMILES string of the molecule is CCCC(CC(=O)O)NC(=O)N1CCN(CC2CC2)CC1. The molecule has 0 bridgehead atoms. The molecule has 1 atom stereocenters. The van der Waals surface area contributed by atoms with E-state index >= 15 is 0 Å². The van der Waals surface area contributed by atoms with Crippen LogP contribution in [0.1, 0.15) is 39.0 Å². The van der Waals surface area contributed by atoms with Gasteiger partial charge in [0.1, 0.15) is 0 Å². The Morgan fingerprint density at radius 1 is 1.24 bits per heavy atom. The second-order valence-corrected chi connectivity index (χ2v) is 6.26. The van der Waals surface area contributed by atoms with E-state index in [-0.39, 0.29) is 18.5 Å². The van der Waals surface area contributed by atoms with Crippen LogP contribution in [0.3, 0.4) is 0 Å². The Morgan fingerprint density at radius 2 is 1.90 bits per heavy atom. The third-order valence-electron chi connectivity index (χ3n) is 4.26. The van der Waals surface area contributed by atoms with Crippen molar-refractivity contribution in [3.8, 4) is 0 Å². The lowest BCUT2D eigenvalue weighted by Crippen LogP contribution is -2.53. The van der Waals surface area contributed by atoms with Gasteiger partial charge in [-0.3, -0.25) is 9.69 Å². The summed E-state index contributed by atoms with van der Waals surface area (Å²) in [4.78, 5) is 27.3. The van der Waals surface area contributed by atoms with Gasteiger partial charge < -0.3 is 15.3 Å². The summed E-state index contributed by atoms with van der Waals surface area (Å²) >= 11 is 0. The number of carbonyl (C=O) groups is 2. The van der Waals surface area contributed by atoms with Crippen molar-refractivity contribution < 1.29 is 14.7 Å². The van der Waals surface area contributed by atoms with E-state index in [1.54, 1.807) is 0 Å². The van der Waals surface area contributed by atoms with E-state index in [1.807, 2.05) is 11.8 Å². The average Bonchev–Trinajstić information content (AvgIpc) is 3.23. The zero-order valence-electron chi connectivity index (χ0n) is 12.9. The van der Waals surface area contributed by atoms with Crippen molar-refractivity contribution in [2.45, 2.75) is 45.1 Å². The molecule has 6 heteroatoms. The van der Waals surface area contributed by atoms with Crippen LogP contribution in [-0.2, 0) is 4.79 Å². The van der Waals surface area contributed by atoms with Gasteiger partial charge >= 0.3 is 12.0 Å². The van der Waals surface area contributed by atoms with E-state index in [9.17, 15) is 9.59 Å². The van der Waals surface area contributed by atoms with Gasteiger partial charge in [-0.25, -0.2) is 4.79 Å². The van der Waals surface area contributed by atoms with E-state index < -0.39 is 5.97 Å². The number of nitrogens with zero attached hydrogens (tertiary/aromatic N) is 2. The molecule has 2 amide bonds. The van der Waals surface area contributed by atoms with Gasteiger partial charge in [0.15, 0.2) is 0 Å². The largest absolute Gasteiger partial charge is 0.481 e. The van der Waals surface area contributed by atoms with E-state index in [0.29, 0.717) is 6.42 Å². The van der Waals surface area contributed by atoms with Crippen LogP contribution < -0.4 is 5.32 Å². The minimum atomic E-state index is -0.858. The molecule has 0 aromatic carbocycles. The first-order chi connectivity index (χ1) is 10.1. The smallest absolute Gasteiger partial charge is 0.317 e. The van der Waals surface area contributed by atoms with Crippen molar-refractivity contribution in [1.82, 2.24) is 15.1 Å². The Kier molecular flexibility index (Phi) is 5.85. The molecule has 1 unspecified atom stereocenters. The summed E-state index contributed by atoms with van der Waals surface area (Å²) in [6.07, 6.45) is 4.29. The maximum Gasteiger partial charge on any atom is 0.317 e. The van der Waals surface area contributed by atoms with Crippen molar-refractivity contribution in [2.24, 2.45) is 5.92 Å². The number of carboxylic acid groups (broad SMARTS) is 1. The monoisotopic (exact) mass is 297 g/mol. The van der Waals surface area contributed by atoms with Gasteiger partial charge in [0.25, 0.3) is 0 Å². The molecule has 1 heterocycles. The fourth-order valence-corrected chi connectivity index (χ4v) is 2.85. The first-order valence-corrected chi connectivity index (χ1v) is 8.08. The number of aliphatic carboxylic acids is 1. The second-order valence-electron chi connectivity index (χ2n) is 6.26. The highest BCUT2D eigenvalue weighted by atomic mass is 16.4. The van der Waals surface area contributed by atoms with Gasteiger partial charge in [-0.2, -0.15) is 0 Å². The molecule has 0 aromatic heterocycles. The summed E-state index contributed by atoms with van der Waals surface area (Å²) < 4.78 is 0. The zero-order valence-corrected chi connectivity index (χ0v) is 12.9. The summed E-state index contributed by atoms with van der Waals surface area (Å²) in [5.41, 5.74) is 0. The van der Waals surface area contributed by atoms with Gasteiger partial charge in [-0.05, 0) is 25.2 Å². The number of amides is 2. The molecule has 0 radical (unpaired) electrons. The van der Waals surface area contributed by atoms with Crippen molar-refractivity contribution in [3.05, 3.63) is 0 Å². The highest BCUT2D eigenvalue weighted by molar-refractivity contribution is 5.76. The number of nitrogens with one attached hydrogen (secondary N) is 1. The second kappa shape index (κ2) is 7.64. The van der Waals surface area contributed by atoms with Gasteiger partial charge in [0.2, 0.25) is 0 Å². The lowest BCUT2D eigenvalue weighted by molar-refractivity contribution is -0.137. The van der Waals surface area contributed by atoms with Crippen LogP contribution in [-0.4, -0.2) is 65.7 Å². The van der Waals surface area contributed by atoms with Crippen LogP contribution in [0.4, 0.5) is 4.79 Å². The van der Waals surface area contributed by atoms with Gasteiger partial charge in [0, 0.05) is 38.8 Å². The molecule has 2 rings (SSSR count). The highest BCUT2D eigenvalue weighted by Crippen LogP contribution is 2.29. The van der Waals surface area contributed by atoms with Gasteiger partial charge in [-0.15, -0.1) is 0 Å². The molecule has 2 fully saturated rings. The van der Waals surface area contributed by atoms with Gasteiger partial charge in [-0.1, -0.05) is 13.3 Å². The lowest BCUT2D eigenvalue weighted by atomic mass is 10.1. The molecule has 21 heavy (non-hydrogen) atoms. The molecule has 1 saturated carbocycles. The number of carboxylic acids is 1. The number of urea groups is 1. The Morgan fingerprint density at radius 3 is 2.43 bits per heavy atom. The molecule has 6 nitrogen and oxygen atoms in total. The van der Waals surface area contributed by atoms with E-state index in [0.717, 1.165) is 38.5 Å². The first kappa shape index (κ1) is 16.1. The Hall–Kier alpha value is -1.30. The summed E-state index contributed by atoms with van der Waals surface area (Å²) in [6, 6.07) is -0.370. The Labute approximate surface area is 126 Å². The van der Waals surface area contributed by atoms with Crippen molar-refractivity contribution >= 4 is 12.0 Å². The topological polar surface area (TPSA) is 72.9 Å². The summed E-state index contributed by atoms with van der Waals surface area (Å²) in [7, 11) is 0. The highest BCUT2D eigenvalue weighted by Gasteiger charge is 2.28. The standard InChI is InChI=1S/C15H27N3O3/c1-2-3-13(10-14(19)20)16-15(21)18-8-6-17(7-9-18)11-12-4-5-12/h12-13H,2-11H2,1H3,(H,16,21)(H,19,20). The molecule has 2 N–H and O–H groups in total. The molecule has 0 aromatic rings. The van der Waals surface area contributed by atoms with Crippen LogP contribution in [0.2, 0.25) is 0 Å². The Bertz CT molecular complexity index is 363. The maximum absolute atomic E-state index is 12.2. The third-order valence-corrected chi connectivity index (χ3v) is 4.26. The predicted molar refractivity (Wildman–Crippen MR) is 80.2 cm³/mol. The molecule has 0 spiro atoms. The molecule has 1 aliphatic heterocycles. The number of carbonyl (C=O) groups excluding carboxylic acids is 1. The molecular formula is C15H27N3O3. The summed E-state index contributed by atoms with van der Waals surface area (Å²) in [5, 5.41) is 11.8. The van der Waals surface area contributed by atoms with Crippen LogP contribution in [0.15, 0.2) is 0 Å². The fraction of sp³-hybridized carbons (Fsp3) is 0.867. The average molecular weight is 297 g/mol. The van der Waals surface area contributed by atoms with Crippen molar-refractivity contribution in [1.29, 1.82) is 0 Å². The molecule has 1 aliphatic carbocycles. The molecule has 120 valence electrons. The first-order valence-electron chi connectivity index (χ1n) is 8.08. The molecule has 1 saturated heterocycles. The lowest BCUT2D eigenvalue weighted by Gasteiger charge is -2.35. The van der Waals surface area contributed by atoms with Crippen LogP contribution in [0.5, 0.6) is 0 Å². The van der Waals surface area contributed by atoms with E-state index in [2.05, 4.69) is 10.2 Å². The minimum Gasteiger partial charge on any atom is -0.481 e. The summed E-state index contributed by atoms with van der Waals surface area (Å²) in [5.74, 6) is 0.0258. The van der Waals surface area contributed by atoms with Crippen molar-refractivity contribution in [3.63, 3.8) is 0 Å². The minimum absolute atomic E-state index is 0.00122. The molecule has 2 aliphatic rings. The summed E-state index contributed by atoms with van der Waals surface area (Å²) in [6.45, 7) is 6.52. The van der Waals surface area contributed by atoms with Crippen molar-refractivity contribution in [2.75, 3.05) is 32.7 Å². The number of hydrogen-bond donors (Lipinski definition) is 2. The zero-order chi connectivity index (χ0) is 15.2. The van der Waals surface area contributed by atoms with E-state index in [4.69, 9.17) is 5.11 Å². The Balaban J connectivity index is 1.72. The van der Waals surface area contributed by atoms with E-state index in [1.165, 1.54) is 19.4 Å². The fourth-order valence-electron chi connectivity index (χ4n) is 2.85. The maximum atomic E-state index is 12.2. The number of piperazine rings is 1. The van der Waals surface area contributed by atoms with Crippen LogP contribution >= 0.6 is 0 Å². The van der Waals surface area contributed by atoms with Crippen LogP contribution in [0, 0.1) is 5.92 Å². The third kappa shape index (κ3) is 5.53. The normalized spacial score (nSPS) is 21.1. The number of rotatable bonds is 7.